The second-order valence-corrected chi connectivity index (χ2v) is 7.89. The molecule has 0 spiro atoms. The second kappa shape index (κ2) is 10.1. The molecule has 0 aliphatic rings. The molecule has 8 heteroatoms. The number of benzene rings is 3. The van der Waals surface area contributed by atoms with Crippen molar-refractivity contribution in [1.82, 2.24) is 9.66 Å². The van der Waals surface area contributed by atoms with E-state index in [4.69, 9.17) is 9.47 Å². The van der Waals surface area contributed by atoms with E-state index in [2.05, 4.69) is 31.0 Å². The molecular formula is C25H21BrN4O3. The molecule has 0 atom stereocenters. The number of nitrogens with zero attached hydrogens (tertiary/aromatic N) is 4. The Morgan fingerprint density at radius 3 is 2.24 bits per heavy atom. The first kappa shape index (κ1) is 22.3. The summed E-state index contributed by atoms with van der Waals surface area (Å²) in [5.74, 6) is 2.02. The average molecular weight is 505 g/mol. The van der Waals surface area contributed by atoms with Gasteiger partial charge in [0.2, 0.25) is 0 Å². The molecule has 0 aliphatic heterocycles. The molecule has 0 saturated carbocycles. The van der Waals surface area contributed by atoms with E-state index in [9.17, 15) is 5.11 Å². The Morgan fingerprint density at radius 1 is 0.909 bits per heavy atom. The molecular weight excluding hydrogens is 484 g/mol. The zero-order valence-corrected chi connectivity index (χ0v) is 19.6. The van der Waals surface area contributed by atoms with E-state index in [0.29, 0.717) is 17.2 Å². The quantitative estimate of drug-likeness (QED) is 0.329. The molecule has 33 heavy (non-hydrogen) atoms. The van der Waals surface area contributed by atoms with Crippen molar-refractivity contribution in [2.24, 2.45) is 10.1 Å². The van der Waals surface area contributed by atoms with Crippen LogP contribution in [0.25, 0.3) is 11.3 Å². The highest BCUT2D eigenvalue weighted by atomic mass is 79.9. The van der Waals surface area contributed by atoms with Gasteiger partial charge in [-0.3, -0.25) is 0 Å². The third kappa shape index (κ3) is 5.48. The minimum Gasteiger partial charge on any atom is -0.507 e. The summed E-state index contributed by atoms with van der Waals surface area (Å²) >= 11 is 3.41. The number of aromatic hydroxyl groups is 1. The van der Waals surface area contributed by atoms with Crippen LogP contribution >= 0.6 is 15.9 Å². The number of imidazole rings is 1. The maximum atomic E-state index is 10.1. The number of hydrogen-bond donors (Lipinski definition) is 1. The van der Waals surface area contributed by atoms with Crippen molar-refractivity contribution < 1.29 is 14.6 Å². The van der Waals surface area contributed by atoms with Crippen molar-refractivity contribution >= 4 is 34.3 Å². The number of methoxy groups -OCH3 is 2. The van der Waals surface area contributed by atoms with Crippen molar-refractivity contribution in [3.05, 3.63) is 88.5 Å². The molecule has 0 amide bonds. The van der Waals surface area contributed by atoms with E-state index in [1.165, 1.54) is 0 Å². The molecule has 0 unspecified atom stereocenters. The van der Waals surface area contributed by atoms with Crippen molar-refractivity contribution in [2.45, 2.75) is 0 Å². The summed E-state index contributed by atoms with van der Waals surface area (Å²) in [6, 6.07) is 20.3. The molecule has 7 nitrogen and oxygen atoms in total. The van der Waals surface area contributed by atoms with Crippen molar-refractivity contribution in [3.8, 4) is 28.5 Å². The van der Waals surface area contributed by atoms with Crippen LogP contribution in [-0.4, -0.2) is 41.4 Å². The number of aromatic nitrogens is 2. The molecule has 1 aromatic heterocycles. The number of phenols is 1. The lowest BCUT2D eigenvalue weighted by Gasteiger charge is -2.00. The van der Waals surface area contributed by atoms with Gasteiger partial charge in [-0.15, -0.1) is 0 Å². The van der Waals surface area contributed by atoms with Gasteiger partial charge in [0.25, 0.3) is 5.95 Å². The predicted molar refractivity (Wildman–Crippen MR) is 133 cm³/mol. The molecule has 1 N–H and O–H groups in total. The van der Waals surface area contributed by atoms with Crippen LogP contribution in [0, 0.1) is 0 Å². The lowest BCUT2D eigenvalue weighted by Crippen LogP contribution is -1.90. The first-order valence-electron chi connectivity index (χ1n) is 10.0. The van der Waals surface area contributed by atoms with E-state index in [1.807, 2.05) is 48.5 Å². The summed E-state index contributed by atoms with van der Waals surface area (Å²) in [6.07, 6.45) is 5.07. The zero-order chi connectivity index (χ0) is 23.2. The standard InChI is InChI=1S/C25H21BrN4O3/c1-32-21-8-3-17(4-9-21)14-28-30-16-23(18-5-10-22(33-2)11-6-18)29-25(30)27-15-19-13-20(26)7-12-24(19)31/h3-16,31H,1-2H3/b27-15+,28-14?. The smallest absolute Gasteiger partial charge is 0.251 e. The number of halogens is 1. The van der Waals surface area contributed by atoms with Crippen molar-refractivity contribution in [1.29, 1.82) is 0 Å². The maximum absolute atomic E-state index is 10.1. The van der Waals surface area contributed by atoms with Crippen LogP contribution in [-0.2, 0) is 0 Å². The van der Waals surface area contributed by atoms with Gasteiger partial charge < -0.3 is 14.6 Å². The summed E-state index contributed by atoms with van der Waals surface area (Å²) in [5.41, 5.74) is 3.06. The molecule has 0 aliphatic carbocycles. The van der Waals surface area contributed by atoms with Gasteiger partial charge in [0.05, 0.1) is 32.3 Å². The fraction of sp³-hybridized carbons (Fsp3) is 0.0800. The number of ether oxygens (including phenoxy) is 2. The summed E-state index contributed by atoms with van der Waals surface area (Å²) < 4.78 is 12.9. The van der Waals surface area contributed by atoms with Gasteiger partial charge in [0.1, 0.15) is 17.2 Å². The summed E-state index contributed by atoms with van der Waals surface area (Å²) in [7, 11) is 3.25. The first-order chi connectivity index (χ1) is 16.1. The Balaban J connectivity index is 1.70. The molecule has 0 bridgehead atoms. The molecule has 4 aromatic rings. The molecule has 0 saturated heterocycles. The SMILES string of the molecule is COc1ccc(C=Nn2cc(-c3ccc(OC)cc3)nc2/N=C/c2cc(Br)ccc2O)cc1. The number of phenolic OH excluding ortho intramolecular Hbond substituents is 1. The van der Waals surface area contributed by atoms with E-state index in [-0.39, 0.29) is 5.75 Å². The molecule has 4 rings (SSSR count). The van der Waals surface area contributed by atoms with Gasteiger partial charge in [0, 0.05) is 21.8 Å². The highest BCUT2D eigenvalue weighted by molar-refractivity contribution is 9.10. The van der Waals surface area contributed by atoms with Gasteiger partial charge in [-0.25, -0.2) is 14.7 Å². The van der Waals surface area contributed by atoms with Crippen LogP contribution in [0.15, 0.2) is 87.5 Å². The van der Waals surface area contributed by atoms with E-state index >= 15 is 0 Å². The summed E-state index contributed by atoms with van der Waals surface area (Å²) in [5, 5.41) is 14.7. The monoisotopic (exact) mass is 504 g/mol. The van der Waals surface area contributed by atoms with E-state index < -0.39 is 0 Å². The van der Waals surface area contributed by atoms with Gasteiger partial charge in [-0.05, 0) is 72.3 Å². The topological polar surface area (TPSA) is 81.2 Å². The van der Waals surface area contributed by atoms with Gasteiger partial charge in [0.15, 0.2) is 0 Å². The fourth-order valence-electron chi connectivity index (χ4n) is 3.01. The van der Waals surface area contributed by atoms with E-state index in [1.54, 1.807) is 55.7 Å². The minimum absolute atomic E-state index is 0.122. The Kier molecular flexibility index (Phi) is 6.85. The molecule has 166 valence electrons. The van der Waals surface area contributed by atoms with Gasteiger partial charge >= 0.3 is 0 Å². The van der Waals surface area contributed by atoms with Crippen LogP contribution in [0.2, 0.25) is 0 Å². The van der Waals surface area contributed by atoms with Gasteiger partial charge in [-0.2, -0.15) is 5.10 Å². The van der Waals surface area contributed by atoms with Crippen LogP contribution in [0.4, 0.5) is 5.95 Å². The third-order valence-electron chi connectivity index (χ3n) is 4.81. The highest BCUT2D eigenvalue weighted by Gasteiger charge is 2.09. The van der Waals surface area contributed by atoms with E-state index in [0.717, 1.165) is 27.1 Å². The number of hydrogen-bond acceptors (Lipinski definition) is 6. The van der Waals surface area contributed by atoms with Crippen LogP contribution < -0.4 is 9.47 Å². The van der Waals surface area contributed by atoms with Gasteiger partial charge in [-0.1, -0.05) is 15.9 Å². The molecule has 0 fully saturated rings. The molecule has 0 radical (unpaired) electrons. The normalized spacial score (nSPS) is 11.4. The first-order valence-corrected chi connectivity index (χ1v) is 10.8. The van der Waals surface area contributed by atoms with Crippen LogP contribution in [0.5, 0.6) is 17.2 Å². The minimum atomic E-state index is 0.122. The number of aliphatic imine (C=N–C) groups is 1. The summed E-state index contributed by atoms with van der Waals surface area (Å²) in [6.45, 7) is 0. The Hall–Kier alpha value is -3.91. The largest absolute Gasteiger partial charge is 0.507 e. The zero-order valence-electron chi connectivity index (χ0n) is 18.0. The lowest BCUT2D eigenvalue weighted by molar-refractivity contribution is 0.414. The predicted octanol–water partition coefficient (Wildman–Crippen LogP) is 5.67. The Labute approximate surface area is 199 Å². The van der Waals surface area contributed by atoms with Crippen LogP contribution in [0.3, 0.4) is 0 Å². The lowest BCUT2D eigenvalue weighted by atomic mass is 10.2. The maximum Gasteiger partial charge on any atom is 0.251 e. The Bertz CT molecular complexity index is 1300. The number of rotatable bonds is 7. The molecule has 1 heterocycles. The summed E-state index contributed by atoms with van der Waals surface area (Å²) in [4.78, 5) is 9.13. The second-order valence-electron chi connectivity index (χ2n) is 6.98. The molecule has 3 aromatic carbocycles. The average Bonchev–Trinajstić information content (AvgIpc) is 3.26. The Morgan fingerprint density at radius 2 is 1.58 bits per heavy atom. The van der Waals surface area contributed by atoms with Crippen LogP contribution in [0.1, 0.15) is 11.1 Å². The van der Waals surface area contributed by atoms with Crippen molar-refractivity contribution in [3.63, 3.8) is 0 Å². The third-order valence-corrected chi connectivity index (χ3v) is 5.30. The van der Waals surface area contributed by atoms with Crippen molar-refractivity contribution in [2.75, 3.05) is 14.2 Å². The highest BCUT2D eigenvalue weighted by Crippen LogP contribution is 2.26. The fourth-order valence-corrected chi connectivity index (χ4v) is 3.39.